The van der Waals surface area contributed by atoms with Gasteiger partial charge in [0.25, 0.3) is 0 Å². The number of aromatic nitrogens is 1. The quantitative estimate of drug-likeness (QED) is 0.149. The molecule has 0 fully saturated rings. The van der Waals surface area contributed by atoms with Crippen LogP contribution in [0.1, 0.15) is 82.6 Å². The lowest BCUT2D eigenvalue weighted by Crippen LogP contribution is -2.60. The van der Waals surface area contributed by atoms with Crippen LogP contribution in [0.2, 0.25) is 0 Å². The van der Waals surface area contributed by atoms with Crippen LogP contribution in [-0.2, 0) is 17.3 Å². The van der Waals surface area contributed by atoms with Gasteiger partial charge in [-0.2, -0.15) is 0 Å². The summed E-state index contributed by atoms with van der Waals surface area (Å²) in [6.45, 7) is 14.3. The minimum absolute atomic E-state index is 0.0325. The zero-order chi connectivity index (χ0) is 47.2. The molecule has 0 saturated carbocycles. The second-order valence-corrected chi connectivity index (χ2v) is 21.8. The van der Waals surface area contributed by atoms with Gasteiger partial charge in [-0.05, 0) is 166 Å². The van der Waals surface area contributed by atoms with Crippen LogP contribution in [0.4, 0.5) is 28.4 Å². The largest absolute Gasteiger partial charge is 0.456 e. The smallest absolute Gasteiger partial charge is 0.333 e. The average molecular weight is 906 g/mol. The fourth-order valence-corrected chi connectivity index (χ4v) is 13.0. The number of para-hydroxylation sites is 3. The second-order valence-electron chi connectivity index (χ2n) is 21.8. The second kappa shape index (κ2) is 15.0. The van der Waals surface area contributed by atoms with E-state index in [2.05, 4.69) is 226 Å². The van der Waals surface area contributed by atoms with Crippen molar-refractivity contribution in [3.05, 3.63) is 192 Å². The summed E-state index contributed by atoms with van der Waals surface area (Å²) in [5.74, 6) is 0. The van der Waals surface area contributed by atoms with Crippen molar-refractivity contribution in [3.8, 4) is 16.8 Å². The minimum atomic E-state index is -0.128. The fraction of sp³-hybridized carbons (Fsp3) is 0.200. The highest BCUT2D eigenvalue weighted by molar-refractivity contribution is 6.93. The average Bonchev–Trinajstić information content (AvgIpc) is 3.92. The molecule has 5 heteroatoms. The molecule has 1 aliphatic carbocycles. The number of benzene rings is 9. The van der Waals surface area contributed by atoms with Gasteiger partial charge in [0.05, 0.1) is 11.0 Å². The summed E-state index contributed by atoms with van der Waals surface area (Å²) in [4.78, 5) is 5.22. The van der Waals surface area contributed by atoms with Gasteiger partial charge in [0.2, 0.25) is 0 Å². The Bertz CT molecular complexity index is 3970. The third kappa shape index (κ3) is 5.90. The number of fused-ring (bicyclic) bond motifs is 13. The zero-order valence-electron chi connectivity index (χ0n) is 41.0. The molecule has 0 N–H and O–H groups in total. The lowest BCUT2D eigenvalue weighted by molar-refractivity contribution is 0.332. The van der Waals surface area contributed by atoms with E-state index in [0.717, 1.165) is 51.8 Å². The molecule has 340 valence electrons. The maximum Gasteiger partial charge on any atom is 0.333 e. The Kier molecular flexibility index (Phi) is 8.89. The van der Waals surface area contributed by atoms with Gasteiger partial charge >= 0.3 is 6.85 Å². The van der Waals surface area contributed by atoms with Crippen LogP contribution < -0.4 is 20.6 Å². The lowest BCUT2D eigenvalue weighted by Gasteiger charge is -2.46. The Morgan fingerprint density at radius 2 is 1.29 bits per heavy atom. The molecular formula is C65H56BN3O. The summed E-state index contributed by atoms with van der Waals surface area (Å²) < 4.78 is 9.46. The summed E-state index contributed by atoms with van der Waals surface area (Å²) in [7, 11) is 0. The molecule has 70 heavy (non-hydrogen) atoms. The first-order chi connectivity index (χ1) is 34.1. The summed E-state index contributed by atoms with van der Waals surface area (Å²) in [6, 6.07) is 64.5. The number of aryl methyl sites for hydroxylation is 2. The third-order valence-electron chi connectivity index (χ3n) is 16.7. The molecule has 0 saturated heterocycles. The van der Waals surface area contributed by atoms with E-state index < -0.39 is 0 Å². The standard InChI is InChI=1S/C65H56BN3O/c1-7-8-17-41-26-28-45(29-27-41)67(44-20-10-9-11-21-44)46-37-50-60-54(30-31-59-61(60)48-22-14-15-25-58(48)70-59)69(55-39-52-51(34-40(55)2)64(3,4)32-33-65(52,5)6)66-53-24-16-23-47-49-35-42-18-12-13-19-43(42)36-56(49)68(63(47)53)57(38-46)62(50)66/h9-16,18-31,34-39H,7-8,17,32-33H2,1-6H3. The Morgan fingerprint density at radius 3 is 2.07 bits per heavy atom. The fourth-order valence-electron chi connectivity index (χ4n) is 13.0. The molecule has 0 amide bonds. The number of anilines is 5. The lowest BCUT2D eigenvalue weighted by atomic mass is 9.43. The Morgan fingerprint density at radius 1 is 0.586 bits per heavy atom. The predicted octanol–water partition coefficient (Wildman–Crippen LogP) is 16.5. The van der Waals surface area contributed by atoms with Gasteiger partial charge in [-0.1, -0.05) is 138 Å². The third-order valence-corrected chi connectivity index (χ3v) is 16.7. The number of unbranched alkanes of at least 4 members (excludes halogenated alkanes) is 1. The van der Waals surface area contributed by atoms with Crippen molar-refractivity contribution >= 4 is 101 Å². The monoisotopic (exact) mass is 905 g/mol. The highest BCUT2D eigenvalue weighted by Crippen LogP contribution is 2.54. The van der Waals surface area contributed by atoms with E-state index in [0.29, 0.717) is 0 Å². The van der Waals surface area contributed by atoms with E-state index in [4.69, 9.17) is 4.42 Å². The zero-order valence-corrected chi connectivity index (χ0v) is 41.0. The number of rotatable bonds is 7. The van der Waals surface area contributed by atoms with E-state index in [1.54, 1.807) is 0 Å². The maximum absolute atomic E-state index is 6.83. The van der Waals surface area contributed by atoms with Crippen molar-refractivity contribution in [1.29, 1.82) is 0 Å². The molecule has 0 radical (unpaired) electrons. The van der Waals surface area contributed by atoms with E-state index in [-0.39, 0.29) is 17.7 Å². The van der Waals surface area contributed by atoms with Crippen LogP contribution in [0.3, 0.4) is 0 Å². The molecule has 4 heterocycles. The first kappa shape index (κ1) is 41.5. The van der Waals surface area contributed by atoms with Crippen LogP contribution in [0.25, 0.3) is 71.3 Å². The molecule has 2 aromatic heterocycles. The Balaban J connectivity index is 1.15. The van der Waals surface area contributed by atoms with Crippen LogP contribution in [0.5, 0.6) is 0 Å². The number of hydrogen-bond acceptors (Lipinski definition) is 3. The molecule has 0 spiro atoms. The topological polar surface area (TPSA) is 24.6 Å². The van der Waals surface area contributed by atoms with Gasteiger partial charge < -0.3 is 18.7 Å². The molecule has 3 aliphatic rings. The number of furan rings is 1. The van der Waals surface area contributed by atoms with Crippen LogP contribution >= 0.6 is 0 Å². The maximum atomic E-state index is 6.83. The SMILES string of the molecule is CCCCc1ccc(N(c2ccccc2)c2cc3c4c(c2)-n2c5cc6ccccc6cc5c5cccc(c52)B4N(c2cc4c(cc2C)C(C)(C)CCC4(C)C)c2ccc4oc5ccccc5c4c2-3)cc1. The van der Waals surface area contributed by atoms with Crippen LogP contribution in [0.15, 0.2) is 174 Å². The van der Waals surface area contributed by atoms with Crippen molar-refractivity contribution in [2.75, 3.05) is 9.71 Å². The normalized spacial score (nSPS) is 15.2. The van der Waals surface area contributed by atoms with Crippen molar-refractivity contribution in [2.45, 2.75) is 84.5 Å². The van der Waals surface area contributed by atoms with Crippen molar-refractivity contribution < 1.29 is 4.42 Å². The first-order valence-corrected chi connectivity index (χ1v) is 25.6. The van der Waals surface area contributed by atoms with Gasteiger partial charge in [0, 0.05) is 61.2 Å². The summed E-state index contributed by atoms with van der Waals surface area (Å²) in [5, 5.41) is 7.35. The summed E-state index contributed by atoms with van der Waals surface area (Å²) in [5.41, 5.74) is 22.2. The highest BCUT2D eigenvalue weighted by atomic mass is 16.3. The molecule has 14 rings (SSSR count). The minimum Gasteiger partial charge on any atom is -0.456 e. The summed E-state index contributed by atoms with van der Waals surface area (Å²) >= 11 is 0. The molecule has 0 bridgehead atoms. The Hall–Kier alpha value is -7.50. The van der Waals surface area contributed by atoms with E-state index >= 15 is 0 Å². The first-order valence-electron chi connectivity index (χ1n) is 25.6. The molecular weight excluding hydrogens is 850 g/mol. The predicted molar refractivity (Wildman–Crippen MR) is 298 cm³/mol. The molecule has 4 nitrogen and oxygen atoms in total. The van der Waals surface area contributed by atoms with E-state index in [1.807, 2.05) is 0 Å². The summed E-state index contributed by atoms with van der Waals surface area (Å²) in [6.07, 6.45) is 5.77. The van der Waals surface area contributed by atoms with Crippen molar-refractivity contribution in [2.24, 2.45) is 0 Å². The number of nitrogens with zero attached hydrogens (tertiary/aromatic N) is 3. The van der Waals surface area contributed by atoms with Gasteiger partial charge in [-0.15, -0.1) is 0 Å². The van der Waals surface area contributed by atoms with Gasteiger partial charge in [-0.3, -0.25) is 0 Å². The number of hydrogen-bond donors (Lipinski definition) is 0. The molecule has 2 aliphatic heterocycles. The van der Waals surface area contributed by atoms with E-state index in [9.17, 15) is 0 Å². The molecule has 11 aromatic rings. The van der Waals surface area contributed by atoms with Gasteiger partial charge in [-0.25, -0.2) is 0 Å². The molecule has 0 unspecified atom stereocenters. The van der Waals surface area contributed by atoms with Crippen molar-refractivity contribution in [3.63, 3.8) is 0 Å². The van der Waals surface area contributed by atoms with Crippen LogP contribution in [0, 0.1) is 6.92 Å². The van der Waals surface area contributed by atoms with Gasteiger partial charge in [0.15, 0.2) is 0 Å². The van der Waals surface area contributed by atoms with Gasteiger partial charge in [0.1, 0.15) is 11.2 Å². The van der Waals surface area contributed by atoms with Crippen LogP contribution in [-0.4, -0.2) is 11.4 Å². The molecule has 0 atom stereocenters. The highest BCUT2D eigenvalue weighted by Gasteiger charge is 2.47. The van der Waals surface area contributed by atoms with Crippen molar-refractivity contribution in [1.82, 2.24) is 4.57 Å². The Labute approximate surface area is 410 Å². The van der Waals surface area contributed by atoms with E-state index in [1.165, 1.54) is 113 Å². The molecule has 9 aromatic carbocycles.